The Hall–Kier alpha value is -2.45. The minimum Gasteiger partial charge on any atom is -0.497 e. The second-order valence-electron chi connectivity index (χ2n) is 8.58. The van der Waals surface area contributed by atoms with E-state index in [0.29, 0.717) is 30.7 Å². The molecule has 0 aromatic heterocycles. The van der Waals surface area contributed by atoms with Crippen molar-refractivity contribution in [3.63, 3.8) is 0 Å². The van der Waals surface area contributed by atoms with Crippen LogP contribution in [0.15, 0.2) is 18.2 Å². The van der Waals surface area contributed by atoms with Gasteiger partial charge in [0, 0.05) is 11.0 Å². The standard InChI is InChI=1S/C20H23N3O5/c1-23-8-7-18-10-19(16(25)21-17(26)22-19)5-6-20(18,27)15(23)14(24)12-4-3-11(28-2)9-13(12)18/h3-4,9,15,27H,5-8,10H2,1-2H3,(H2,21,22,25,26). The highest BCUT2D eigenvalue weighted by Gasteiger charge is 2.71. The average molecular weight is 385 g/mol. The Bertz CT molecular complexity index is 932. The molecular weight excluding hydrogens is 362 g/mol. The molecule has 0 radical (unpaired) electrons. The van der Waals surface area contributed by atoms with E-state index < -0.39 is 28.6 Å². The first-order chi connectivity index (χ1) is 13.3. The van der Waals surface area contributed by atoms with Gasteiger partial charge in [-0.15, -0.1) is 0 Å². The summed E-state index contributed by atoms with van der Waals surface area (Å²) in [4.78, 5) is 39.8. The van der Waals surface area contributed by atoms with Crippen LogP contribution in [0.1, 0.15) is 41.6 Å². The molecule has 1 spiro atoms. The van der Waals surface area contributed by atoms with E-state index in [2.05, 4.69) is 10.6 Å². The average Bonchev–Trinajstić information content (AvgIpc) is 2.94. The van der Waals surface area contributed by atoms with E-state index >= 15 is 0 Å². The summed E-state index contributed by atoms with van der Waals surface area (Å²) in [6, 6.07) is 4.14. The number of hydrogen-bond donors (Lipinski definition) is 3. The van der Waals surface area contributed by atoms with Crippen LogP contribution in [-0.2, 0) is 10.2 Å². The molecule has 3 N–H and O–H groups in total. The van der Waals surface area contributed by atoms with Crippen molar-refractivity contribution in [2.75, 3.05) is 20.7 Å². The Balaban J connectivity index is 1.76. The van der Waals surface area contributed by atoms with Crippen molar-refractivity contribution in [1.82, 2.24) is 15.5 Å². The number of ether oxygens (including phenoxy) is 1. The highest BCUT2D eigenvalue weighted by molar-refractivity contribution is 6.08. The lowest BCUT2D eigenvalue weighted by molar-refractivity contribution is -0.163. The zero-order valence-electron chi connectivity index (χ0n) is 15.9. The van der Waals surface area contributed by atoms with Crippen LogP contribution in [0.3, 0.4) is 0 Å². The molecule has 5 rings (SSSR count). The van der Waals surface area contributed by atoms with Gasteiger partial charge in [0.25, 0.3) is 5.91 Å². The van der Waals surface area contributed by atoms with Gasteiger partial charge in [-0.25, -0.2) is 4.79 Å². The molecule has 1 aromatic carbocycles. The smallest absolute Gasteiger partial charge is 0.322 e. The third kappa shape index (κ3) is 1.89. The number of urea groups is 1. The third-order valence-corrected chi connectivity index (χ3v) is 7.42. The van der Waals surface area contributed by atoms with E-state index in [4.69, 9.17) is 4.74 Å². The lowest BCUT2D eigenvalue weighted by atomic mass is 9.46. The second-order valence-corrected chi connectivity index (χ2v) is 8.58. The van der Waals surface area contributed by atoms with Gasteiger partial charge in [0.05, 0.1) is 12.7 Å². The normalized spacial score (nSPS) is 39.2. The quantitative estimate of drug-likeness (QED) is 0.601. The molecule has 148 valence electrons. The molecule has 8 nitrogen and oxygen atoms in total. The summed E-state index contributed by atoms with van der Waals surface area (Å²) < 4.78 is 5.39. The number of nitrogens with one attached hydrogen (secondary N) is 2. The molecule has 2 heterocycles. The lowest BCUT2D eigenvalue weighted by Crippen LogP contribution is -2.77. The van der Waals surface area contributed by atoms with Gasteiger partial charge in [-0.2, -0.15) is 0 Å². The second kappa shape index (κ2) is 5.33. The number of fused-ring (bicyclic) bond motifs is 1. The highest BCUT2D eigenvalue weighted by atomic mass is 16.5. The van der Waals surface area contributed by atoms with Gasteiger partial charge in [0.15, 0.2) is 5.78 Å². The third-order valence-electron chi connectivity index (χ3n) is 7.42. The van der Waals surface area contributed by atoms with E-state index in [0.717, 1.165) is 5.56 Å². The van der Waals surface area contributed by atoms with E-state index in [9.17, 15) is 19.5 Å². The fourth-order valence-corrected chi connectivity index (χ4v) is 6.08. The van der Waals surface area contributed by atoms with Crippen LogP contribution in [0.5, 0.6) is 5.75 Å². The number of rotatable bonds is 1. The number of benzene rings is 1. The van der Waals surface area contributed by atoms with Crippen LogP contribution in [-0.4, -0.2) is 65.6 Å². The van der Waals surface area contributed by atoms with Crippen LogP contribution in [0.4, 0.5) is 4.79 Å². The maximum Gasteiger partial charge on any atom is 0.322 e. The summed E-state index contributed by atoms with van der Waals surface area (Å²) in [5, 5.41) is 17.1. The predicted molar refractivity (Wildman–Crippen MR) is 98.2 cm³/mol. The van der Waals surface area contributed by atoms with E-state index in [-0.39, 0.29) is 24.5 Å². The first-order valence-corrected chi connectivity index (χ1v) is 9.55. The Morgan fingerprint density at radius 1 is 1.21 bits per heavy atom. The maximum atomic E-state index is 13.3. The zero-order valence-corrected chi connectivity index (χ0v) is 15.9. The molecule has 8 heteroatoms. The van der Waals surface area contributed by atoms with Crippen molar-refractivity contribution in [3.05, 3.63) is 29.3 Å². The minimum absolute atomic E-state index is 0.103. The van der Waals surface area contributed by atoms with Gasteiger partial charge in [-0.05, 0) is 63.0 Å². The Kier molecular flexibility index (Phi) is 3.36. The van der Waals surface area contributed by atoms with Crippen LogP contribution < -0.4 is 15.4 Å². The first-order valence-electron chi connectivity index (χ1n) is 9.55. The Morgan fingerprint density at radius 2 is 2.00 bits per heavy atom. The van der Waals surface area contributed by atoms with Crippen LogP contribution >= 0.6 is 0 Å². The number of aliphatic hydroxyl groups is 1. The number of likely N-dealkylation sites (N-methyl/N-ethyl adjacent to an activating group) is 1. The van der Waals surface area contributed by atoms with E-state index in [1.807, 2.05) is 18.0 Å². The molecule has 2 aliphatic heterocycles. The van der Waals surface area contributed by atoms with Crippen molar-refractivity contribution < 1.29 is 24.2 Å². The summed E-state index contributed by atoms with van der Waals surface area (Å²) >= 11 is 0. The van der Waals surface area contributed by atoms with Crippen LogP contribution in [0.25, 0.3) is 0 Å². The summed E-state index contributed by atoms with van der Waals surface area (Å²) in [5.41, 5.74) is -1.92. The van der Waals surface area contributed by atoms with Crippen molar-refractivity contribution in [3.8, 4) is 5.75 Å². The minimum atomic E-state index is -1.31. The number of piperidine rings is 1. The van der Waals surface area contributed by atoms with E-state index in [1.165, 1.54) is 0 Å². The summed E-state index contributed by atoms with van der Waals surface area (Å²) in [7, 11) is 3.41. The molecule has 1 saturated carbocycles. The molecule has 1 aromatic rings. The maximum absolute atomic E-state index is 13.3. The van der Waals surface area contributed by atoms with Gasteiger partial charge in [0.2, 0.25) is 0 Å². The number of carbonyl (C=O) groups excluding carboxylic acids is 3. The van der Waals surface area contributed by atoms with Crippen molar-refractivity contribution in [2.24, 2.45) is 0 Å². The van der Waals surface area contributed by atoms with E-state index in [1.54, 1.807) is 19.2 Å². The number of hydrogen-bond acceptors (Lipinski definition) is 6. The topological polar surface area (TPSA) is 108 Å². The first kappa shape index (κ1) is 17.6. The Morgan fingerprint density at radius 3 is 2.68 bits per heavy atom. The predicted octanol–water partition coefficient (Wildman–Crippen LogP) is 0.327. The molecule has 3 amide bonds. The molecular formula is C20H23N3O5. The number of likely N-dealkylation sites (tertiary alicyclic amines) is 1. The molecule has 2 aliphatic carbocycles. The SMILES string of the molecule is COc1ccc2c(c1)C13CCN(C)C(C2=O)C1(O)CCC1(C3)NC(=O)NC1=O. The number of amides is 3. The van der Waals surface area contributed by atoms with Crippen molar-refractivity contribution in [2.45, 2.75) is 48.3 Å². The number of nitrogens with zero attached hydrogens (tertiary/aromatic N) is 1. The summed E-state index contributed by atoms with van der Waals surface area (Å²) in [5.74, 6) is 0.139. The molecule has 2 bridgehead atoms. The zero-order chi connectivity index (χ0) is 19.9. The molecule has 28 heavy (non-hydrogen) atoms. The van der Waals surface area contributed by atoms with Crippen molar-refractivity contribution in [1.29, 1.82) is 0 Å². The monoisotopic (exact) mass is 385 g/mol. The Labute approximate surface area is 162 Å². The van der Waals surface area contributed by atoms with Gasteiger partial charge < -0.3 is 15.2 Å². The highest BCUT2D eigenvalue weighted by Crippen LogP contribution is 2.60. The number of carbonyl (C=O) groups is 3. The summed E-state index contributed by atoms with van der Waals surface area (Å²) in [6.45, 7) is 0.612. The van der Waals surface area contributed by atoms with Gasteiger partial charge in [-0.3, -0.25) is 19.8 Å². The molecule has 4 unspecified atom stereocenters. The number of imide groups is 1. The number of ketones is 1. The molecule has 4 atom stereocenters. The number of methoxy groups -OCH3 is 1. The fourth-order valence-electron chi connectivity index (χ4n) is 6.08. The van der Waals surface area contributed by atoms with Gasteiger partial charge in [-0.1, -0.05) is 0 Å². The van der Waals surface area contributed by atoms with Gasteiger partial charge in [0.1, 0.15) is 17.3 Å². The number of Topliss-reactive ketones (excluding diaryl/α,β-unsaturated/α-hetero) is 1. The summed E-state index contributed by atoms with van der Waals surface area (Å²) in [6.07, 6.45) is 1.37. The van der Waals surface area contributed by atoms with Crippen LogP contribution in [0.2, 0.25) is 0 Å². The molecule has 2 saturated heterocycles. The fraction of sp³-hybridized carbons (Fsp3) is 0.550. The molecule has 3 fully saturated rings. The molecule has 4 aliphatic rings. The lowest BCUT2D eigenvalue weighted by Gasteiger charge is -2.64. The van der Waals surface area contributed by atoms with Gasteiger partial charge >= 0.3 is 6.03 Å². The van der Waals surface area contributed by atoms with Crippen LogP contribution in [0, 0.1) is 0 Å². The largest absolute Gasteiger partial charge is 0.497 e. The van der Waals surface area contributed by atoms with Crippen molar-refractivity contribution >= 4 is 17.7 Å².